The van der Waals surface area contributed by atoms with Gasteiger partial charge in [0.15, 0.2) is 0 Å². The molecule has 1 N–H and O–H groups in total. The Morgan fingerprint density at radius 2 is 1.97 bits per heavy atom. The minimum Gasteiger partial charge on any atom is -0.479 e. The first kappa shape index (κ1) is 24.9. The molecular weight excluding hydrogens is 502 g/mol. The minimum absolute atomic E-state index is 0.0550. The van der Waals surface area contributed by atoms with E-state index in [1.54, 1.807) is 25.3 Å². The number of rotatable bonds is 7. The number of likely N-dealkylation sites (tertiary alicyclic amines) is 1. The highest BCUT2D eigenvalue weighted by atomic mass is 19.3. The molecule has 1 unspecified atom stereocenters. The van der Waals surface area contributed by atoms with E-state index in [2.05, 4.69) is 20.4 Å². The molecule has 6 rings (SSSR count). The highest BCUT2D eigenvalue weighted by Crippen LogP contribution is 2.36. The number of aryl methyl sites for hydroxylation is 1. The van der Waals surface area contributed by atoms with Gasteiger partial charge in [-0.05, 0) is 49.9 Å². The summed E-state index contributed by atoms with van der Waals surface area (Å²) in [6.45, 7) is 1.58. The van der Waals surface area contributed by atoms with Gasteiger partial charge in [0.1, 0.15) is 11.3 Å². The van der Waals surface area contributed by atoms with Crippen LogP contribution in [0.25, 0.3) is 27.7 Å². The van der Waals surface area contributed by atoms with Crippen LogP contribution in [-0.2, 0) is 6.54 Å². The molecule has 1 saturated carbocycles. The van der Waals surface area contributed by atoms with Crippen LogP contribution >= 0.6 is 0 Å². The lowest BCUT2D eigenvalue weighted by atomic mass is 9.88. The predicted octanol–water partition coefficient (Wildman–Crippen LogP) is 5.00. The van der Waals surface area contributed by atoms with Gasteiger partial charge in [0.2, 0.25) is 11.8 Å². The zero-order chi connectivity index (χ0) is 26.6. The molecule has 1 aliphatic heterocycles. The zero-order valence-corrected chi connectivity index (χ0v) is 21.2. The van der Waals surface area contributed by atoms with Crippen molar-refractivity contribution in [2.24, 2.45) is 0 Å². The minimum atomic E-state index is -2.92. The molecule has 12 heteroatoms. The van der Waals surface area contributed by atoms with Crippen LogP contribution in [0.2, 0.25) is 0 Å². The van der Waals surface area contributed by atoms with Gasteiger partial charge >= 0.3 is 0 Å². The third-order valence-electron chi connectivity index (χ3n) is 7.77. The quantitative estimate of drug-likeness (QED) is 0.339. The van der Waals surface area contributed by atoms with Crippen LogP contribution in [0.1, 0.15) is 31.5 Å². The molecule has 0 radical (unpaired) electrons. The highest BCUT2D eigenvalue weighted by molar-refractivity contribution is 5.89. The fourth-order valence-corrected chi connectivity index (χ4v) is 5.57. The largest absolute Gasteiger partial charge is 0.479 e. The summed E-state index contributed by atoms with van der Waals surface area (Å²) in [5, 5.41) is 7.30. The molecule has 4 aromatic rings. The van der Waals surface area contributed by atoms with Gasteiger partial charge in [-0.1, -0.05) is 12.5 Å². The van der Waals surface area contributed by atoms with Gasteiger partial charge < -0.3 is 14.6 Å². The maximum atomic E-state index is 15.0. The average Bonchev–Trinajstić information content (AvgIpc) is 3.39. The lowest BCUT2D eigenvalue weighted by Gasteiger charge is -2.45. The highest BCUT2D eigenvalue weighted by Gasteiger charge is 2.47. The molecule has 3 aromatic heterocycles. The zero-order valence-electron chi connectivity index (χ0n) is 21.2. The van der Waals surface area contributed by atoms with Crippen molar-refractivity contribution in [1.82, 2.24) is 29.0 Å². The van der Waals surface area contributed by atoms with Crippen molar-refractivity contribution in [3.8, 4) is 17.0 Å². The topological polar surface area (TPSA) is 72.5 Å². The smallest absolute Gasteiger partial charge is 0.280 e. The van der Waals surface area contributed by atoms with Crippen molar-refractivity contribution in [2.75, 3.05) is 25.5 Å². The number of nitrogens with one attached hydrogen (secondary N) is 1. The molecule has 1 aromatic carbocycles. The number of halogens is 4. The Hall–Kier alpha value is -3.41. The lowest BCUT2D eigenvalue weighted by Crippen LogP contribution is -2.58. The Morgan fingerprint density at radius 1 is 1.16 bits per heavy atom. The molecule has 1 aliphatic carbocycles. The molecule has 0 bridgehead atoms. The van der Waals surface area contributed by atoms with Crippen molar-refractivity contribution in [3.05, 3.63) is 36.3 Å². The molecule has 1 saturated heterocycles. The fourth-order valence-electron chi connectivity index (χ4n) is 5.57. The normalized spacial score (nSPS) is 20.3. The molecule has 0 amide bonds. The summed E-state index contributed by atoms with van der Waals surface area (Å²) in [5.74, 6) is -2.14. The van der Waals surface area contributed by atoms with Crippen LogP contribution in [-0.4, -0.2) is 73.7 Å². The monoisotopic (exact) mass is 531 g/mol. The molecule has 38 heavy (non-hydrogen) atoms. The van der Waals surface area contributed by atoms with Gasteiger partial charge in [-0.2, -0.15) is 4.98 Å². The standard InChI is InChI=1S/C26H29F4N7O/c1-15-31-19-7-6-16(12-20(19)36(15)13-22(27)28)18-8-11-37-23(18)24(38-2)33-25(34-37)32-21-9-10-35(14-26(21,29)30)17-4-3-5-17/h6-8,11-12,17,21-22H,3-5,9-10,13-14H2,1-2H3,(H,32,34). The van der Waals surface area contributed by atoms with Gasteiger partial charge in [0, 0.05) is 24.3 Å². The first-order chi connectivity index (χ1) is 18.2. The summed E-state index contributed by atoms with van der Waals surface area (Å²) in [6.07, 6.45) is 2.56. The predicted molar refractivity (Wildman–Crippen MR) is 135 cm³/mol. The number of hydrogen-bond acceptors (Lipinski definition) is 6. The molecule has 1 atom stereocenters. The molecular formula is C26H29F4N7O. The summed E-state index contributed by atoms with van der Waals surface area (Å²) in [6, 6.07) is 6.42. The lowest BCUT2D eigenvalue weighted by molar-refractivity contribution is -0.0921. The van der Waals surface area contributed by atoms with Gasteiger partial charge in [-0.15, -0.1) is 5.10 Å². The van der Waals surface area contributed by atoms with Crippen LogP contribution < -0.4 is 10.1 Å². The maximum absolute atomic E-state index is 15.0. The van der Waals surface area contributed by atoms with Crippen LogP contribution in [0, 0.1) is 6.92 Å². The van der Waals surface area contributed by atoms with Gasteiger partial charge in [-0.25, -0.2) is 27.1 Å². The molecule has 2 aliphatic rings. The number of aromatic nitrogens is 5. The number of hydrogen-bond donors (Lipinski definition) is 1. The average molecular weight is 532 g/mol. The number of anilines is 1. The number of ether oxygens (including phenoxy) is 1. The van der Waals surface area contributed by atoms with E-state index in [-0.39, 0.29) is 30.8 Å². The summed E-state index contributed by atoms with van der Waals surface area (Å²) in [7, 11) is 1.46. The van der Waals surface area contributed by atoms with Crippen molar-refractivity contribution in [2.45, 2.75) is 63.6 Å². The van der Waals surface area contributed by atoms with E-state index in [1.807, 2.05) is 17.0 Å². The number of piperidine rings is 1. The van der Waals surface area contributed by atoms with Gasteiger partial charge in [-0.3, -0.25) is 4.90 Å². The van der Waals surface area contributed by atoms with Crippen molar-refractivity contribution in [1.29, 1.82) is 0 Å². The summed E-state index contributed by atoms with van der Waals surface area (Å²) in [4.78, 5) is 10.7. The SMILES string of the molecule is COc1nc(NC2CCN(C3CCC3)CC2(F)F)nn2ccc(-c3ccc4nc(C)n(CC(F)F)c4c3)c12. The van der Waals surface area contributed by atoms with E-state index in [0.717, 1.165) is 30.4 Å². The number of benzene rings is 1. The third-order valence-corrected chi connectivity index (χ3v) is 7.77. The number of alkyl halides is 4. The number of fused-ring (bicyclic) bond motifs is 2. The Kier molecular flexibility index (Phi) is 6.16. The van der Waals surface area contributed by atoms with E-state index < -0.39 is 24.9 Å². The van der Waals surface area contributed by atoms with E-state index in [1.165, 1.54) is 16.2 Å². The van der Waals surface area contributed by atoms with Crippen molar-refractivity contribution < 1.29 is 22.3 Å². The number of nitrogens with zero attached hydrogens (tertiary/aromatic N) is 6. The Labute approximate surface area is 216 Å². The second kappa shape index (κ2) is 9.40. The molecule has 8 nitrogen and oxygen atoms in total. The van der Waals surface area contributed by atoms with E-state index in [0.29, 0.717) is 28.9 Å². The first-order valence-corrected chi connectivity index (χ1v) is 12.8. The fraction of sp³-hybridized carbons (Fsp3) is 0.500. The second-order valence-corrected chi connectivity index (χ2v) is 10.1. The maximum Gasteiger partial charge on any atom is 0.280 e. The first-order valence-electron chi connectivity index (χ1n) is 12.8. The van der Waals surface area contributed by atoms with E-state index in [9.17, 15) is 8.78 Å². The second-order valence-electron chi connectivity index (χ2n) is 10.1. The van der Waals surface area contributed by atoms with E-state index in [4.69, 9.17) is 4.74 Å². The van der Waals surface area contributed by atoms with Crippen molar-refractivity contribution in [3.63, 3.8) is 0 Å². The number of imidazole rings is 1. The molecule has 2 fully saturated rings. The van der Waals surface area contributed by atoms with Crippen LogP contribution in [0.15, 0.2) is 30.5 Å². The van der Waals surface area contributed by atoms with Crippen LogP contribution in [0.3, 0.4) is 0 Å². The van der Waals surface area contributed by atoms with Crippen LogP contribution in [0.4, 0.5) is 23.5 Å². The van der Waals surface area contributed by atoms with Gasteiger partial charge in [0.05, 0.1) is 37.3 Å². The Balaban J connectivity index is 1.31. The van der Waals surface area contributed by atoms with Crippen LogP contribution in [0.5, 0.6) is 5.88 Å². The van der Waals surface area contributed by atoms with Gasteiger partial charge in [0.25, 0.3) is 12.3 Å². The summed E-state index contributed by atoms with van der Waals surface area (Å²) in [5.41, 5.74) is 3.22. The Morgan fingerprint density at radius 3 is 2.66 bits per heavy atom. The molecule has 202 valence electrons. The van der Waals surface area contributed by atoms with Crippen molar-refractivity contribution >= 4 is 22.5 Å². The summed E-state index contributed by atoms with van der Waals surface area (Å²) < 4.78 is 65.0. The number of methoxy groups -OCH3 is 1. The molecule has 4 heterocycles. The molecule has 0 spiro atoms. The third kappa shape index (κ3) is 4.34. The van der Waals surface area contributed by atoms with E-state index >= 15 is 8.78 Å². The Bertz CT molecular complexity index is 1480. The summed E-state index contributed by atoms with van der Waals surface area (Å²) >= 11 is 0.